The van der Waals surface area contributed by atoms with E-state index in [1.54, 1.807) is 12.1 Å². The second-order valence-corrected chi connectivity index (χ2v) is 5.10. The smallest absolute Gasteiger partial charge is 0.250 e. The van der Waals surface area contributed by atoms with E-state index in [0.717, 1.165) is 5.56 Å². The first-order chi connectivity index (χ1) is 11.4. The number of aliphatic hydroxyl groups is 1. The summed E-state index contributed by atoms with van der Waals surface area (Å²) in [5, 5.41) is 22.1. The van der Waals surface area contributed by atoms with E-state index in [1.165, 1.54) is 0 Å². The quantitative estimate of drug-likeness (QED) is 0.0897. The number of nitrogens with two attached hydrogens (primary N) is 2. The minimum atomic E-state index is -1.14. The van der Waals surface area contributed by atoms with Crippen molar-refractivity contribution >= 4 is 11.9 Å². The van der Waals surface area contributed by atoms with Gasteiger partial charge in [-0.05, 0) is 18.4 Å². The van der Waals surface area contributed by atoms with Gasteiger partial charge in [-0.15, -0.1) is 5.43 Å². The number of benzene rings is 1. The van der Waals surface area contributed by atoms with Crippen LogP contribution in [0.1, 0.15) is 18.4 Å². The van der Waals surface area contributed by atoms with Gasteiger partial charge in [-0.1, -0.05) is 30.3 Å². The van der Waals surface area contributed by atoms with E-state index >= 15 is 0 Å². The summed E-state index contributed by atoms with van der Waals surface area (Å²) in [5.74, 6) is -0.753. The molecule has 0 radical (unpaired) electrons. The van der Waals surface area contributed by atoms with Crippen molar-refractivity contribution in [1.82, 2.24) is 10.7 Å². The van der Waals surface area contributed by atoms with Gasteiger partial charge in [0.25, 0.3) is 0 Å². The number of guanidine groups is 1. The number of rotatable bonds is 10. The van der Waals surface area contributed by atoms with E-state index in [2.05, 4.69) is 10.3 Å². The highest BCUT2D eigenvalue weighted by Gasteiger charge is 2.24. The second kappa shape index (κ2) is 10.0. The number of hydrogen-bond donors (Lipinski definition) is 5. The van der Waals surface area contributed by atoms with Gasteiger partial charge in [0, 0.05) is 13.0 Å². The number of nitro groups is 1. The third-order valence-electron chi connectivity index (χ3n) is 3.10. The molecule has 0 bridgehead atoms. The molecule has 10 heteroatoms. The van der Waals surface area contributed by atoms with Crippen LogP contribution in [0.3, 0.4) is 0 Å². The van der Waals surface area contributed by atoms with Crippen molar-refractivity contribution < 1.29 is 14.9 Å². The molecule has 0 aliphatic heterocycles. The molecule has 0 saturated carbocycles. The van der Waals surface area contributed by atoms with E-state index in [-0.39, 0.29) is 25.3 Å². The Bertz CT molecular complexity index is 562. The number of carbonyl (C=O) groups is 1. The van der Waals surface area contributed by atoms with E-state index in [1.807, 2.05) is 23.6 Å². The first-order valence-corrected chi connectivity index (χ1v) is 7.37. The topological polar surface area (TPSA) is 169 Å². The Kier molecular flexibility index (Phi) is 7.99. The Labute approximate surface area is 139 Å². The molecule has 1 amide bonds. The first kappa shape index (κ1) is 19.2. The average molecular weight is 338 g/mol. The van der Waals surface area contributed by atoms with Gasteiger partial charge in [0.1, 0.15) is 6.23 Å². The fourth-order valence-corrected chi connectivity index (χ4v) is 2.04. The predicted molar refractivity (Wildman–Crippen MR) is 88.1 cm³/mol. The number of hydrazine groups is 1. The van der Waals surface area contributed by atoms with Gasteiger partial charge in [0.2, 0.25) is 5.91 Å². The number of nitrogens with one attached hydrogen (secondary N) is 2. The van der Waals surface area contributed by atoms with Gasteiger partial charge in [-0.3, -0.25) is 9.79 Å². The molecule has 1 unspecified atom stereocenters. The van der Waals surface area contributed by atoms with Crippen molar-refractivity contribution in [3.8, 4) is 0 Å². The fraction of sp³-hybridized carbons (Fsp3) is 0.429. The third kappa shape index (κ3) is 7.94. The average Bonchev–Trinajstić information content (AvgIpc) is 2.50. The fourth-order valence-electron chi connectivity index (χ4n) is 2.04. The molecule has 0 aliphatic carbocycles. The van der Waals surface area contributed by atoms with Crippen LogP contribution in [0.5, 0.6) is 0 Å². The van der Waals surface area contributed by atoms with Crippen LogP contribution in [0.25, 0.3) is 0 Å². The van der Waals surface area contributed by atoms with Gasteiger partial charge in [0.05, 0.1) is 0 Å². The van der Waals surface area contributed by atoms with Crippen molar-refractivity contribution in [2.24, 2.45) is 16.5 Å². The summed E-state index contributed by atoms with van der Waals surface area (Å²) in [6.45, 7) is 0.248. The molecule has 1 aromatic rings. The van der Waals surface area contributed by atoms with Crippen LogP contribution in [0.4, 0.5) is 0 Å². The minimum Gasteiger partial charge on any atom is -0.373 e. The molecule has 7 N–H and O–H groups in total. The molecule has 0 heterocycles. The molecule has 0 fully saturated rings. The summed E-state index contributed by atoms with van der Waals surface area (Å²) in [6.07, 6.45) is -0.437. The molecule has 0 spiro atoms. The predicted octanol–water partition coefficient (Wildman–Crippen LogP) is -1.13. The molecule has 1 rings (SSSR count). The van der Waals surface area contributed by atoms with Gasteiger partial charge in [-0.25, -0.2) is 10.1 Å². The Morgan fingerprint density at radius 3 is 2.58 bits per heavy atom. The zero-order chi connectivity index (χ0) is 17.9. The monoisotopic (exact) mass is 338 g/mol. The lowest BCUT2D eigenvalue weighted by molar-refractivity contribution is -0.548. The second-order valence-electron chi connectivity index (χ2n) is 5.10. The van der Waals surface area contributed by atoms with E-state index in [0.29, 0.717) is 6.42 Å². The van der Waals surface area contributed by atoms with Crippen molar-refractivity contribution in [2.75, 3.05) is 6.54 Å². The van der Waals surface area contributed by atoms with Crippen LogP contribution < -0.4 is 22.2 Å². The lowest BCUT2D eigenvalue weighted by Crippen LogP contribution is -2.50. The van der Waals surface area contributed by atoms with Crippen LogP contribution in [0.15, 0.2) is 35.3 Å². The summed E-state index contributed by atoms with van der Waals surface area (Å²) in [4.78, 5) is 26.4. The molecule has 1 aromatic carbocycles. The molecule has 132 valence electrons. The summed E-state index contributed by atoms with van der Waals surface area (Å²) >= 11 is 0. The zero-order valence-corrected chi connectivity index (χ0v) is 13.1. The van der Waals surface area contributed by atoms with Crippen LogP contribution >= 0.6 is 0 Å². The lowest BCUT2D eigenvalue weighted by atomic mass is 10.1. The molecule has 24 heavy (non-hydrogen) atoms. The first-order valence-electron chi connectivity index (χ1n) is 7.37. The zero-order valence-electron chi connectivity index (χ0n) is 13.1. The number of amides is 1. The van der Waals surface area contributed by atoms with Gasteiger partial charge in [0.15, 0.2) is 17.0 Å². The van der Waals surface area contributed by atoms with Crippen LogP contribution in [0.2, 0.25) is 0 Å². The molecular formula is C14H22N6O4. The standard InChI is InChI=1S/C14H22N6O4/c15-14(16)17-8-4-7-11(19-20(23)24)13(22)18-12(21)9-10-5-2-1-3-6-10/h1-3,5-6,11-12,19,21H,4,7-9H2,(H,18,22)(H4,15,16,17)/t11-,12?/m0/s1. The van der Waals surface area contributed by atoms with Crippen molar-refractivity contribution in [3.63, 3.8) is 0 Å². The SMILES string of the molecule is NC(N)=NCCC[C@H](N[N+](=O)[O-])C(=O)NC(O)Cc1ccccc1. The summed E-state index contributed by atoms with van der Waals surface area (Å²) < 4.78 is 0. The maximum absolute atomic E-state index is 12.1. The van der Waals surface area contributed by atoms with Gasteiger partial charge >= 0.3 is 0 Å². The number of aliphatic hydroxyl groups excluding tert-OH is 1. The Morgan fingerprint density at radius 1 is 1.33 bits per heavy atom. The summed E-state index contributed by atoms with van der Waals surface area (Å²) in [6, 6.07) is 7.96. The maximum Gasteiger partial charge on any atom is 0.250 e. The molecule has 0 saturated heterocycles. The number of carbonyl (C=O) groups excluding carboxylic acids is 1. The molecular weight excluding hydrogens is 316 g/mol. The highest BCUT2D eigenvalue weighted by atomic mass is 16.7. The van der Waals surface area contributed by atoms with E-state index < -0.39 is 23.2 Å². The molecule has 10 nitrogen and oxygen atoms in total. The third-order valence-corrected chi connectivity index (χ3v) is 3.10. The minimum absolute atomic E-state index is 0.0866. The van der Waals surface area contributed by atoms with Crippen LogP contribution in [0, 0.1) is 10.1 Å². The Morgan fingerprint density at radius 2 is 2.00 bits per heavy atom. The van der Waals surface area contributed by atoms with E-state index in [4.69, 9.17) is 11.5 Å². The largest absolute Gasteiger partial charge is 0.373 e. The van der Waals surface area contributed by atoms with Gasteiger partial charge in [-0.2, -0.15) is 0 Å². The maximum atomic E-state index is 12.1. The molecule has 0 aromatic heterocycles. The Hall–Kier alpha value is -2.88. The van der Waals surface area contributed by atoms with E-state index in [9.17, 15) is 20.0 Å². The normalized spacial score (nSPS) is 12.7. The van der Waals surface area contributed by atoms with Crippen LogP contribution in [-0.4, -0.2) is 40.8 Å². The lowest BCUT2D eigenvalue weighted by Gasteiger charge is -2.17. The summed E-state index contributed by atoms with van der Waals surface area (Å²) in [7, 11) is 0. The molecule has 2 atom stereocenters. The number of hydrogen-bond acceptors (Lipinski definition) is 5. The molecule has 0 aliphatic rings. The van der Waals surface area contributed by atoms with Crippen molar-refractivity contribution in [1.29, 1.82) is 0 Å². The highest BCUT2D eigenvalue weighted by Crippen LogP contribution is 2.03. The van der Waals surface area contributed by atoms with Crippen molar-refractivity contribution in [2.45, 2.75) is 31.5 Å². The number of aliphatic imine (C=N–C) groups is 1. The van der Waals surface area contributed by atoms with Crippen molar-refractivity contribution in [3.05, 3.63) is 46.0 Å². The summed E-state index contributed by atoms with van der Waals surface area (Å²) in [5.41, 5.74) is 13.1. The Balaban J connectivity index is 2.53. The van der Waals surface area contributed by atoms with Crippen LogP contribution in [-0.2, 0) is 11.2 Å². The number of nitrogens with zero attached hydrogens (tertiary/aromatic N) is 2. The highest BCUT2D eigenvalue weighted by molar-refractivity contribution is 5.81. The van der Waals surface area contributed by atoms with Gasteiger partial charge < -0.3 is 21.9 Å².